The lowest BCUT2D eigenvalue weighted by Gasteiger charge is -2.23. The van der Waals surface area contributed by atoms with Crippen LogP contribution in [0.2, 0.25) is 0 Å². The van der Waals surface area contributed by atoms with Gasteiger partial charge in [-0.05, 0) is 0 Å². The van der Waals surface area contributed by atoms with Crippen molar-refractivity contribution in [2.75, 3.05) is 6.61 Å². The van der Waals surface area contributed by atoms with Gasteiger partial charge in [0.25, 0.3) is 0 Å². The molecule has 7 nitrogen and oxygen atoms in total. The van der Waals surface area contributed by atoms with Gasteiger partial charge >= 0.3 is 0 Å². The van der Waals surface area contributed by atoms with Crippen molar-refractivity contribution in [3.8, 4) is 12.3 Å². The first-order valence-electron chi connectivity index (χ1n) is 5.77. The fourth-order valence-electron chi connectivity index (χ4n) is 2.24. The van der Waals surface area contributed by atoms with E-state index in [9.17, 15) is 10.2 Å². The standard InChI is InChI=1S/C12H12N4O3/c1-2-12(5-17)9(18)3-10(19-12)16-7-15-8-4-13-6-14-11(8)16/h1,4,6-7,9-10,17-18H,3,5H2/t9-,10-,12-/m1/s1. The fraction of sp³-hybridized carbons (Fsp3) is 0.417. The van der Waals surface area contributed by atoms with Crippen LogP contribution in [0.3, 0.4) is 0 Å². The second kappa shape index (κ2) is 4.28. The maximum Gasteiger partial charge on any atom is 0.179 e. The molecule has 0 unspecified atom stereocenters. The number of imidazole rings is 1. The lowest BCUT2D eigenvalue weighted by Crippen LogP contribution is -2.41. The van der Waals surface area contributed by atoms with E-state index in [0.29, 0.717) is 11.2 Å². The highest BCUT2D eigenvalue weighted by molar-refractivity contribution is 5.68. The molecule has 1 aliphatic rings. The number of ether oxygens (including phenoxy) is 1. The quantitative estimate of drug-likeness (QED) is 0.705. The number of hydrogen-bond donors (Lipinski definition) is 2. The highest BCUT2D eigenvalue weighted by Crippen LogP contribution is 2.37. The third-order valence-electron chi connectivity index (χ3n) is 3.34. The van der Waals surface area contributed by atoms with Crippen molar-refractivity contribution >= 4 is 11.2 Å². The summed E-state index contributed by atoms with van der Waals surface area (Å²) in [4.78, 5) is 12.2. The Hall–Kier alpha value is -2.01. The summed E-state index contributed by atoms with van der Waals surface area (Å²) in [5, 5.41) is 19.3. The van der Waals surface area contributed by atoms with Gasteiger partial charge in [0.2, 0.25) is 0 Å². The summed E-state index contributed by atoms with van der Waals surface area (Å²) in [7, 11) is 0. The predicted molar refractivity (Wildman–Crippen MR) is 64.7 cm³/mol. The molecular weight excluding hydrogens is 248 g/mol. The maximum absolute atomic E-state index is 9.99. The Bertz CT molecular complexity index is 650. The van der Waals surface area contributed by atoms with Crippen molar-refractivity contribution in [3.63, 3.8) is 0 Å². The summed E-state index contributed by atoms with van der Waals surface area (Å²) in [6.07, 6.45) is 8.72. The number of aliphatic hydroxyl groups excluding tert-OH is 2. The summed E-state index contributed by atoms with van der Waals surface area (Å²) in [5.41, 5.74) is -0.144. The molecule has 3 atom stereocenters. The van der Waals surface area contributed by atoms with E-state index < -0.39 is 24.5 Å². The minimum absolute atomic E-state index is 0.264. The first-order valence-corrected chi connectivity index (χ1v) is 5.77. The van der Waals surface area contributed by atoms with E-state index in [2.05, 4.69) is 20.9 Å². The van der Waals surface area contributed by atoms with Crippen LogP contribution in [-0.4, -0.2) is 48.0 Å². The molecule has 0 spiro atoms. The molecule has 3 rings (SSSR count). The van der Waals surface area contributed by atoms with Gasteiger partial charge in [-0.25, -0.2) is 15.0 Å². The van der Waals surface area contributed by atoms with Gasteiger partial charge in [0.05, 0.1) is 19.1 Å². The third kappa shape index (κ3) is 1.69. The molecule has 0 aliphatic carbocycles. The fourth-order valence-corrected chi connectivity index (χ4v) is 2.24. The summed E-state index contributed by atoms with van der Waals surface area (Å²) in [6, 6.07) is 0. The van der Waals surface area contributed by atoms with Crippen molar-refractivity contribution in [1.29, 1.82) is 0 Å². The predicted octanol–water partition coefficient (Wildman–Crippen LogP) is -0.530. The number of rotatable bonds is 2. The second-order valence-corrected chi connectivity index (χ2v) is 4.40. The van der Waals surface area contributed by atoms with Crippen molar-refractivity contribution in [1.82, 2.24) is 19.5 Å². The van der Waals surface area contributed by atoms with E-state index >= 15 is 0 Å². The normalized spacial score (nSPS) is 30.6. The van der Waals surface area contributed by atoms with Crippen LogP contribution in [-0.2, 0) is 4.74 Å². The molecule has 2 aromatic heterocycles. The maximum atomic E-state index is 9.99. The molecule has 1 fully saturated rings. The summed E-state index contributed by atoms with van der Waals surface area (Å²) in [6.45, 7) is -0.442. The van der Waals surface area contributed by atoms with Gasteiger partial charge in [-0.15, -0.1) is 6.42 Å². The van der Waals surface area contributed by atoms with Crippen LogP contribution < -0.4 is 0 Å². The summed E-state index contributed by atoms with van der Waals surface area (Å²) in [5.74, 6) is 2.33. The zero-order valence-corrected chi connectivity index (χ0v) is 9.97. The Kier molecular flexibility index (Phi) is 2.71. The number of fused-ring (bicyclic) bond motifs is 1. The molecule has 1 saturated heterocycles. The zero-order valence-electron chi connectivity index (χ0n) is 9.97. The highest BCUT2D eigenvalue weighted by atomic mass is 16.6. The zero-order chi connectivity index (χ0) is 13.5. The SMILES string of the molecule is C#C[C@]1(CO)O[C@@H](n2cnc3cncnc32)C[C@H]1O. The first-order chi connectivity index (χ1) is 9.20. The molecule has 3 heterocycles. The average Bonchev–Trinajstić information content (AvgIpc) is 3.00. The highest BCUT2D eigenvalue weighted by Gasteiger charge is 2.47. The molecule has 2 aromatic rings. The van der Waals surface area contributed by atoms with Crippen LogP contribution in [0.4, 0.5) is 0 Å². The van der Waals surface area contributed by atoms with Crippen LogP contribution in [0.25, 0.3) is 11.2 Å². The van der Waals surface area contributed by atoms with Crippen molar-refractivity contribution in [2.24, 2.45) is 0 Å². The Labute approximate surface area is 108 Å². The molecule has 2 N–H and O–H groups in total. The number of aliphatic hydroxyl groups is 2. The lowest BCUT2D eigenvalue weighted by atomic mass is 9.99. The van der Waals surface area contributed by atoms with Gasteiger partial charge in [0.15, 0.2) is 11.2 Å². The van der Waals surface area contributed by atoms with Crippen LogP contribution in [0.15, 0.2) is 18.9 Å². The molecule has 19 heavy (non-hydrogen) atoms. The van der Waals surface area contributed by atoms with Crippen LogP contribution in [0.1, 0.15) is 12.6 Å². The van der Waals surface area contributed by atoms with E-state index in [1.165, 1.54) is 6.33 Å². The minimum Gasteiger partial charge on any atom is -0.392 e. The van der Waals surface area contributed by atoms with E-state index in [1.807, 2.05) is 0 Å². The van der Waals surface area contributed by atoms with Gasteiger partial charge in [-0.1, -0.05) is 5.92 Å². The Morgan fingerprint density at radius 3 is 3.11 bits per heavy atom. The third-order valence-corrected chi connectivity index (χ3v) is 3.34. The molecule has 0 radical (unpaired) electrons. The Morgan fingerprint density at radius 1 is 1.58 bits per heavy atom. The molecule has 0 aromatic carbocycles. The van der Waals surface area contributed by atoms with E-state index in [1.54, 1.807) is 17.1 Å². The second-order valence-electron chi connectivity index (χ2n) is 4.40. The van der Waals surface area contributed by atoms with Crippen molar-refractivity contribution < 1.29 is 14.9 Å². The number of nitrogens with zero attached hydrogens (tertiary/aromatic N) is 4. The number of terminal acetylenes is 1. The van der Waals surface area contributed by atoms with Gasteiger partial charge in [0, 0.05) is 6.42 Å². The lowest BCUT2D eigenvalue weighted by molar-refractivity contribution is -0.0891. The van der Waals surface area contributed by atoms with E-state index in [4.69, 9.17) is 11.2 Å². The molecule has 1 aliphatic heterocycles. The Morgan fingerprint density at radius 2 is 2.42 bits per heavy atom. The first kappa shape index (κ1) is 12.0. The van der Waals surface area contributed by atoms with Crippen LogP contribution in [0.5, 0.6) is 0 Å². The molecular formula is C12H12N4O3. The molecule has 7 heteroatoms. The van der Waals surface area contributed by atoms with Crippen molar-refractivity contribution in [2.45, 2.75) is 24.4 Å². The van der Waals surface area contributed by atoms with Gasteiger partial charge in [-0.2, -0.15) is 0 Å². The van der Waals surface area contributed by atoms with Crippen LogP contribution in [0, 0.1) is 12.3 Å². The summed E-state index contributed by atoms with van der Waals surface area (Å²) < 4.78 is 7.31. The average molecular weight is 260 g/mol. The van der Waals surface area contributed by atoms with Gasteiger partial charge < -0.3 is 14.9 Å². The van der Waals surface area contributed by atoms with Crippen molar-refractivity contribution in [3.05, 3.63) is 18.9 Å². The largest absolute Gasteiger partial charge is 0.392 e. The smallest absolute Gasteiger partial charge is 0.179 e. The van der Waals surface area contributed by atoms with Crippen LogP contribution >= 0.6 is 0 Å². The topological polar surface area (TPSA) is 93.3 Å². The number of hydrogen-bond acceptors (Lipinski definition) is 6. The van der Waals surface area contributed by atoms with E-state index in [0.717, 1.165) is 0 Å². The molecule has 98 valence electrons. The molecule has 0 amide bonds. The molecule has 0 saturated carbocycles. The minimum atomic E-state index is -1.37. The summed E-state index contributed by atoms with van der Waals surface area (Å²) >= 11 is 0. The molecule has 0 bridgehead atoms. The monoisotopic (exact) mass is 260 g/mol. The Balaban J connectivity index is 1.99. The van der Waals surface area contributed by atoms with Gasteiger partial charge in [0.1, 0.15) is 24.2 Å². The van der Waals surface area contributed by atoms with E-state index in [-0.39, 0.29) is 6.42 Å². The number of aromatic nitrogens is 4. The van der Waals surface area contributed by atoms with Gasteiger partial charge in [-0.3, -0.25) is 4.57 Å².